The van der Waals surface area contributed by atoms with Crippen LogP contribution in [0.4, 0.5) is 0 Å². The van der Waals surface area contributed by atoms with Gasteiger partial charge in [-0.1, -0.05) is 6.92 Å². The molecule has 0 radical (unpaired) electrons. The van der Waals surface area contributed by atoms with Gasteiger partial charge in [0.25, 0.3) is 10.2 Å². The Morgan fingerprint density at radius 3 is 2.43 bits per heavy atom. The lowest BCUT2D eigenvalue weighted by atomic mass is 10.1. The first-order valence-electron chi connectivity index (χ1n) is 4.63. The van der Waals surface area contributed by atoms with Crippen LogP contribution < -0.4 is 4.72 Å². The van der Waals surface area contributed by atoms with E-state index in [0.29, 0.717) is 18.3 Å². The van der Waals surface area contributed by atoms with Crippen LogP contribution >= 0.6 is 11.6 Å². The highest BCUT2D eigenvalue weighted by molar-refractivity contribution is 7.87. The van der Waals surface area contributed by atoms with E-state index in [-0.39, 0.29) is 0 Å². The van der Waals surface area contributed by atoms with Gasteiger partial charge in [-0.3, -0.25) is 0 Å². The molecule has 1 unspecified atom stereocenters. The Balaban J connectivity index is 3.65. The van der Waals surface area contributed by atoms with E-state index in [1.165, 1.54) is 14.1 Å². The lowest BCUT2D eigenvalue weighted by molar-refractivity contribution is 0.496. The van der Waals surface area contributed by atoms with E-state index in [2.05, 4.69) is 4.72 Å². The van der Waals surface area contributed by atoms with Crippen LogP contribution in [0, 0.1) is 5.92 Å². The second kappa shape index (κ2) is 6.61. The predicted molar refractivity (Wildman–Crippen MR) is 59.7 cm³/mol. The fourth-order valence-electron chi connectivity index (χ4n) is 0.858. The quantitative estimate of drug-likeness (QED) is 0.536. The highest BCUT2D eigenvalue weighted by atomic mass is 35.5. The second-order valence-corrected chi connectivity index (χ2v) is 5.86. The zero-order chi connectivity index (χ0) is 11.2. The summed E-state index contributed by atoms with van der Waals surface area (Å²) in [5, 5.41) is 0. The first-order valence-corrected chi connectivity index (χ1v) is 6.60. The summed E-state index contributed by atoms with van der Waals surface area (Å²) in [5.74, 6) is 1.07. The van der Waals surface area contributed by atoms with Crippen molar-refractivity contribution in [2.45, 2.75) is 19.8 Å². The Hall–Kier alpha value is 0.160. The van der Waals surface area contributed by atoms with Gasteiger partial charge in [0.05, 0.1) is 0 Å². The van der Waals surface area contributed by atoms with Gasteiger partial charge in [0.1, 0.15) is 0 Å². The zero-order valence-electron chi connectivity index (χ0n) is 8.96. The summed E-state index contributed by atoms with van der Waals surface area (Å²) < 4.78 is 26.1. The summed E-state index contributed by atoms with van der Waals surface area (Å²) >= 11 is 5.62. The van der Waals surface area contributed by atoms with Crippen LogP contribution in [-0.4, -0.2) is 39.2 Å². The predicted octanol–water partition coefficient (Wildman–Crippen LogP) is 1.04. The van der Waals surface area contributed by atoms with Crippen LogP contribution in [0.3, 0.4) is 0 Å². The van der Waals surface area contributed by atoms with E-state index in [1.807, 2.05) is 6.92 Å². The van der Waals surface area contributed by atoms with Crippen LogP contribution in [0.25, 0.3) is 0 Å². The maximum Gasteiger partial charge on any atom is 0.278 e. The molecule has 0 rings (SSSR count). The van der Waals surface area contributed by atoms with Gasteiger partial charge in [-0.05, 0) is 18.8 Å². The van der Waals surface area contributed by atoms with Gasteiger partial charge in [-0.2, -0.15) is 12.7 Å². The first-order chi connectivity index (χ1) is 6.40. The summed E-state index contributed by atoms with van der Waals surface area (Å²) in [6.45, 7) is 2.52. The fraction of sp³-hybridized carbons (Fsp3) is 1.00. The zero-order valence-corrected chi connectivity index (χ0v) is 10.5. The molecule has 4 nitrogen and oxygen atoms in total. The second-order valence-electron chi connectivity index (χ2n) is 3.58. The molecule has 0 aliphatic rings. The van der Waals surface area contributed by atoms with Crippen molar-refractivity contribution in [3.8, 4) is 0 Å². The van der Waals surface area contributed by atoms with Gasteiger partial charge < -0.3 is 0 Å². The molecular weight excluding hydrogens is 224 g/mol. The van der Waals surface area contributed by atoms with E-state index < -0.39 is 10.2 Å². The van der Waals surface area contributed by atoms with Crippen molar-refractivity contribution in [2.75, 3.05) is 26.5 Å². The monoisotopic (exact) mass is 242 g/mol. The van der Waals surface area contributed by atoms with Gasteiger partial charge >= 0.3 is 0 Å². The molecule has 0 aliphatic carbocycles. The van der Waals surface area contributed by atoms with Crippen molar-refractivity contribution < 1.29 is 8.42 Å². The Morgan fingerprint density at radius 1 is 1.43 bits per heavy atom. The molecule has 0 aromatic heterocycles. The van der Waals surface area contributed by atoms with Crippen molar-refractivity contribution in [3.63, 3.8) is 0 Å². The summed E-state index contributed by atoms with van der Waals surface area (Å²) in [5.41, 5.74) is 0. The Kier molecular flexibility index (Phi) is 6.68. The van der Waals surface area contributed by atoms with Gasteiger partial charge in [0, 0.05) is 26.5 Å². The number of hydrogen-bond donors (Lipinski definition) is 1. The number of rotatable bonds is 7. The number of hydrogen-bond acceptors (Lipinski definition) is 2. The molecule has 0 aromatic carbocycles. The van der Waals surface area contributed by atoms with E-state index >= 15 is 0 Å². The molecule has 1 atom stereocenters. The third-order valence-electron chi connectivity index (χ3n) is 1.90. The van der Waals surface area contributed by atoms with E-state index in [1.54, 1.807) is 0 Å². The maximum absolute atomic E-state index is 11.2. The van der Waals surface area contributed by atoms with Gasteiger partial charge in [-0.15, -0.1) is 11.6 Å². The number of halogens is 1. The van der Waals surface area contributed by atoms with Gasteiger partial charge in [0.2, 0.25) is 0 Å². The van der Waals surface area contributed by atoms with Gasteiger partial charge in [-0.25, -0.2) is 4.72 Å². The third kappa shape index (κ3) is 5.80. The highest BCUT2D eigenvalue weighted by Crippen LogP contribution is 2.06. The average molecular weight is 243 g/mol. The van der Waals surface area contributed by atoms with Crippen LogP contribution in [0.1, 0.15) is 19.8 Å². The molecule has 14 heavy (non-hydrogen) atoms. The molecule has 0 spiro atoms. The molecular formula is C8H19ClN2O2S. The maximum atomic E-state index is 11.2. The van der Waals surface area contributed by atoms with Crippen molar-refractivity contribution in [2.24, 2.45) is 5.92 Å². The molecule has 0 fully saturated rings. The lowest BCUT2D eigenvalue weighted by Crippen LogP contribution is -2.36. The topological polar surface area (TPSA) is 49.4 Å². The average Bonchev–Trinajstić information content (AvgIpc) is 2.11. The Morgan fingerprint density at radius 2 is 2.00 bits per heavy atom. The fourth-order valence-corrected chi connectivity index (χ4v) is 1.67. The first kappa shape index (κ1) is 14.2. The summed E-state index contributed by atoms with van der Waals surface area (Å²) in [7, 11) is -0.245. The Labute approximate surface area is 91.8 Å². The molecule has 86 valence electrons. The van der Waals surface area contributed by atoms with Crippen molar-refractivity contribution >= 4 is 21.8 Å². The Bertz CT molecular complexity index is 242. The summed E-state index contributed by atoms with van der Waals surface area (Å²) in [6.07, 6.45) is 1.76. The highest BCUT2D eigenvalue weighted by Gasteiger charge is 2.11. The summed E-state index contributed by atoms with van der Waals surface area (Å²) in [6, 6.07) is 0. The number of nitrogens with zero attached hydrogens (tertiary/aromatic N) is 1. The molecule has 0 heterocycles. The largest absolute Gasteiger partial charge is 0.278 e. The van der Waals surface area contributed by atoms with E-state index in [0.717, 1.165) is 17.1 Å². The molecule has 0 saturated carbocycles. The van der Waals surface area contributed by atoms with Crippen molar-refractivity contribution in [1.82, 2.24) is 9.03 Å². The minimum atomic E-state index is -3.25. The van der Waals surface area contributed by atoms with Crippen LogP contribution in [0.15, 0.2) is 0 Å². The van der Waals surface area contributed by atoms with Crippen LogP contribution in [0.2, 0.25) is 0 Å². The molecule has 0 saturated heterocycles. The minimum absolute atomic E-state index is 0.445. The van der Waals surface area contributed by atoms with Crippen LogP contribution in [-0.2, 0) is 10.2 Å². The number of alkyl halides is 1. The molecule has 0 aliphatic heterocycles. The van der Waals surface area contributed by atoms with E-state index in [9.17, 15) is 8.42 Å². The normalized spacial score (nSPS) is 14.6. The van der Waals surface area contributed by atoms with Crippen LogP contribution in [0.5, 0.6) is 0 Å². The smallest absolute Gasteiger partial charge is 0.202 e. The number of nitrogens with one attached hydrogen (secondary N) is 1. The van der Waals surface area contributed by atoms with E-state index in [4.69, 9.17) is 11.6 Å². The minimum Gasteiger partial charge on any atom is -0.202 e. The third-order valence-corrected chi connectivity index (χ3v) is 3.96. The SMILES string of the molecule is CC(CCl)CCCNS(=O)(=O)N(C)C. The van der Waals surface area contributed by atoms with Crippen molar-refractivity contribution in [1.29, 1.82) is 0 Å². The summed E-state index contributed by atoms with van der Waals surface area (Å²) in [4.78, 5) is 0. The lowest BCUT2D eigenvalue weighted by Gasteiger charge is -2.12. The molecule has 6 heteroatoms. The molecule has 0 bridgehead atoms. The standard InChI is InChI=1S/C8H19ClN2O2S/c1-8(7-9)5-4-6-10-14(12,13)11(2)3/h8,10H,4-7H2,1-3H3. The van der Waals surface area contributed by atoms with Crippen molar-refractivity contribution in [3.05, 3.63) is 0 Å². The molecule has 0 amide bonds. The van der Waals surface area contributed by atoms with Gasteiger partial charge in [0.15, 0.2) is 0 Å². The molecule has 1 N–H and O–H groups in total. The molecule has 0 aromatic rings.